The van der Waals surface area contributed by atoms with Crippen LogP contribution in [0.2, 0.25) is 0 Å². The summed E-state index contributed by atoms with van der Waals surface area (Å²) in [6.45, 7) is 0. The van der Waals surface area contributed by atoms with Gasteiger partial charge in [-0.05, 0) is 6.07 Å². The highest BCUT2D eigenvalue weighted by Crippen LogP contribution is 2.03. The zero-order chi connectivity index (χ0) is 10.4. The molecule has 1 N–H and O–H groups in total. The van der Waals surface area contributed by atoms with Gasteiger partial charge in [-0.2, -0.15) is 0 Å². The third-order valence-electron chi connectivity index (χ3n) is 1.55. The number of hydrogen-bond donors (Lipinski definition) is 1. The topological polar surface area (TPSA) is 54.4 Å². The number of rotatable bonds is 2. The van der Waals surface area contributed by atoms with Crippen LogP contribution in [0.25, 0.3) is 0 Å². The maximum atomic E-state index is 10.5. The fraction of sp³-hybridized carbons (Fsp3) is 0.0909. The molecule has 0 aliphatic carbocycles. The molecule has 0 heterocycles. The highest BCUT2D eigenvalue weighted by Gasteiger charge is 1.95. The Morgan fingerprint density at radius 3 is 2.79 bits per heavy atom. The first kappa shape index (κ1) is 10.0. The first-order valence-corrected chi connectivity index (χ1v) is 3.99. The summed E-state index contributed by atoms with van der Waals surface area (Å²) < 4.78 is 0. The van der Waals surface area contributed by atoms with Gasteiger partial charge in [0.1, 0.15) is 6.42 Å². The maximum Gasteiger partial charge on any atom is 0.315 e. The predicted molar refractivity (Wildman–Crippen MR) is 51.0 cm³/mol. The Balaban J connectivity index is 2.88. The van der Waals surface area contributed by atoms with E-state index in [9.17, 15) is 9.59 Å². The van der Waals surface area contributed by atoms with Crippen LogP contribution in [0.3, 0.4) is 0 Å². The molecule has 0 amide bonds. The average molecular weight is 188 g/mol. The van der Waals surface area contributed by atoms with E-state index in [1.54, 1.807) is 24.3 Å². The fourth-order valence-electron chi connectivity index (χ4n) is 0.929. The molecule has 3 nitrogen and oxygen atoms in total. The third-order valence-corrected chi connectivity index (χ3v) is 1.55. The molecule has 1 aromatic rings. The summed E-state index contributed by atoms with van der Waals surface area (Å²) in [6, 6.07) is 6.79. The minimum Gasteiger partial charge on any atom is -0.481 e. The van der Waals surface area contributed by atoms with Crippen molar-refractivity contribution in [2.24, 2.45) is 0 Å². The predicted octanol–water partition coefficient (Wildman–Crippen LogP) is 1.33. The van der Waals surface area contributed by atoms with Crippen LogP contribution in [0.5, 0.6) is 0 Å². The molecule has 0 bridgehead atoms. The van der Waals surface area contributed by atoms with Gasteiger partial charge in [0.25, 0.3) is 0 Å². The highest BCUT2D eigenvalue weighted by molar-refractivity contribution is 5.79. The lowest BCUT2D eigenvalue weighted by atomic mass is 10.1. The van der Waals surface area contributed by atoms with E-state index < -0.39 is 5.97 Å². The van der Waals surface area contributed by atoms with Gasteiger partial charge in [0, 0.05) is 11.1 Å². The lowest BCUT2D eigenvalue weighted by molar-refractivity contribution is -0.135. The van der Waals surface area contributed by atoms with E-state index in [4.69, 9.17) is 5.11 Å². The van der Waals surface area contributed by atoms with Crippen molar-refractivity contribution < 1.29 is 14.7 Å². The molecule has 0 aliphatic rings. The van der Waals surface area contributed by atoms with Crippen molar-refractivity contribution in [3.05, 3.63) is 35.4 Å². The number of hydrogen-bond acceptors (Lipinski definition) is 2. The Labute approximate surface area is 81.4 Å². The van der Waals surface area contributed by atoms with Crippen molar-refractivity contribution in [1.82, 2.24) is 0 Å². The van der Waals surface area contributed by atoms with Crippen molar-refractivity contribution in [3.63, 3.8) is 0 Å². The van der Waals surface area contributed by atoms with E-state index in [-0.39, 0.29) is 6.42 Å². The van der Waals surface area contributed by atoms with Crippen LogP contribution in [0.15, 0.2) is 24.3 Å². The summed E-state index contributed by atoms with van der Waals surface area (Å²) in [6.07, 6.45) is 0.484. The van der Waals surface area contributed by atoms with Gasteiger partial charge in [-0.25, -0.2) is 0 Å². The molecule has 14 heavy (non-hydrogen) atoms. The molecule has 3 heteroatoms. The lowest BCUT2D eigenvalue weighted by Gasteiger charge is -1.93. The zero-order valence-corrected chi connectivity index (χ0v) is 7.36. The third kappa shape index (κ3) is 2.76. The first-order valence-electron chi connectivity index (χ1n) is 3.99. The molecule has 0 radical (unpaired) electrons. The molecule has 0 aromatic heterocycles. The summed E-state index contributed by atoms with van der Waals surface area (Å²) in [4.78, 5) is 20.7. The van der Waals surface area contributed by atoms with Crippen LogP contribution in [-0.4, -0.2) is 17.4 Å². The number of carboxylic acids is 1. The van der Waals surface area contributed by atoms with Crippen LogP contribution < -0.4 is 0 Å². The Morgan fingerprint density at radius 2 is 2.14 bits per heavy atom. The Bertz CT molecular complexity index is 410. The summed E-state index contributed by atoms with van der Waals surface area (Å²) in [5.74, 6) is 4.13. The minimum atomic E-state index is -0.971. The number of carbonyl (C=O) groups excluding carboxylic acids is 1. The molecule has 0 saturated carbocycles. The van der Waals surface area contributed by atoms with Crippen LogP contribution in [0.1, 0.15) is 22.3 Å². The summed E-state index contributed by atoms with van der Waals surface area (Å²) in [5, 5.41) is 8.35. The molecule has 0 spiro atoms. The van der Waals surface area contributed by atoms with Crippen LogP contribution >= 0.6 is 0 Å². The number of benzene rings is 1. The molecular formula is C11H8O3. The van der Waals surface area contributed by atoms with Gasteiger partial charge in [0.05, 0.1) is 0 Å². The molecule has 0 aliphatic heterocycles. The monoisotopic (exact) mass is 188 g/mol. The van der Waals surface area contributed by atoms with Gasteiger partial charge in [0.15, 0.2) is 6.29 Å². The van der Waals surface area contributed by atoms with Gasteiger partial charge >= 0.3 is 5.97 Å². The van der Waals surface area contributed by atoms with E-state index in [2.05, 4.69) is 11.8 Å². The average Bonchev–Trinajstić information content (AvgIpc) is 2.18. The SMILES string of the molecule is O=Cc1ccccc1C#CCC(=O)O. The summed E-state index contributed by atoms with van der Waals surface area (Å²) in [7, 11) is 0. The van der Waals surface area contributed by atoms with Crippen LogP contribution in [-0.2, 0) is 4.79 Å². The van der Waals surface area contributed by atoms with Gasteiger partial charge in [-0.1, -0.05) is 30.0 Å². The second-order valence-corrected chi connectivity index (χ2v) is 2.58. The smallest absolute Gasteiger partial charge is 0.315 e. The van der Waals surface area contributed by atoms with E-state index in [0.29, 0.717) is 17.4 Å². The van der Waals surface area contributed by atoms with Crippen molar-refractivity contribution in [2.75, 3.05) is 0 Å². The second kappa shape index (κ2) is 4.83. The Hall–Kier alpha value is -2.08. The molecule has 70 valence electrons. The molecule has 1 rings (SSSR count). The van der Waals surface area contributed by atoms with Crippen LogP contribution in [0.4, 0.5) is 0 Å². The molecular weight excluding hydrogens is 180 g/mol. The number of carboxylic acid groups (broad SMARTS) is 1. The quantitative estimate of drug-likeness (QED) is 0.562. The van der Waals surface area contributed by atoms with Gasteiger partial charge in [0.2, 0.25) is 0 Å². The minimum absolute atomic E-state index is 0.215. The van der Waals surface area contributed by atoms with Gasteiger partial charge < -0.3 is 5.11 Å². The molecule has 0 unspecified atom stereocenters. The van der Waals surface area contributed by atoms with Crippen molar-refractivity contribution >= 4 is 12.3 Å². The maximum absolute atomic E-state index is 10.5. The largest absolute Gasteiger partial charge is 0.481 e. The fourth-order valence-corrected chi connectivity index (χ4v) is 0.929. The highest BCUT2D eigenvalue weighted by atomic mass is 16.4. The number of aliphatic carboxylic acids is 1. The first-order chi connectivity index (χ1) is 6.74. The van der Waals surface area contributed by atoms with Crippen molar-refractivity contribution in [1.29, 1.82) is 0 Å². The molecule has 0 atom stereocenters. The van der Waals surface area contributed by atoms with Gasteiger partial charge in [-0.15, -0.1) is 0 Å². The Kier molecular flexibility index (Phi) is 3.45. The standard InChI is InChI=1S/C11H8O3/c12-8-10-5-2-1-4-9(10)6-3-7-11(13)14/h1-2,4-5,8H,7H2,(H,13,14). The second-order valence-electron chi connectivity index (χ2n) is 2.58. The van der Waals surface area contributed by atoms with Crippen molar-refractivity contribution in [3.8, 4) is 11.8 Å². The lowest BCUT2D eigenvalue weighted by Crippen LogP contribution is -1.91. The summed E-state index contributed by atoms with van der Waals surface area (Å²) >= 11 is 0. The van der Waals surface area contributed by atoms with Crippen LogP contribution in [0, 0.1) is 11.8 Å². The Morgan fingerprint density at radius 1 is 1.43 bits per heavy atom. The van der Waals surface area contributed by atoms with E-state index >= 15 is 0 Å². The number of aldehydes is 1. The van der Waals surface area contributed by atoms with Gasteiger partial charge in [-0.3, -0.25) is 9.59 Å². The summed E-state index contributed by atoms with van der Waals surface area (Å²) in [5.41, 5.74) is 1.04. The number of carbonyl (C=O) groups is 2. The molecule has 0 fully saturated rings. The van der Waals surface area contributed by atoms with E-state index in [1.165, 1.54) is 0 Å². The zero-order valence-electron chi connectivity index (χ0n) is 7.36. The van der Waals surface area contributed by atoms with Crippen molar-refractivity contribution in [2.45, 2.75) is 6.42 Å². The molecule has 0 saturated heterocycles. The normalized spacial score (nSPS) is 8.57. The van der Waals surface area contributed by atoms with E-state index in [1.807, 2.05) is 0 Å². The molecule has 1 aromatic carbocycles. The van der Waals surface area contributed by atoms with E-state index in [0.717, 1.165) is 0 Å².